The van der Waals surface area contributed by atoms with E-state index in [1.54, 1.807) is 27.8 Å². The van der Waals surface area contributed by atoms with Crippen molar-refractivity contribution < 1.29 is 14.3 Å². The minimum absolute atomic E-state index is 0.204. The van der Waals surface area contributed by atoms with Crippen molar-refractivity contribution >= 4 is 12.3 Å². The van der Waals surface area contributed by atoms with Crippen LogP contribution in [0.2, 0.25) is 0 Å². The minimum atomic E-state index is -0.553. The lowest BCUT2D eigenvalue weighted by Crippen LogP contribution is -2.25. The summed E-state index contributed by atoms with van der Waals surface area (Å²) in [7, 11) is 1.59. The molecule has 0 N–H and O–H groups in total. The molecule has 5 nitrogen and oxygen atoms in total. The molecule has 82 valence electrons. The molecule has 0 unspecified atom stereocenters. The number of carbonyl (C=O) groups is 2. The van der Waals surface area contributed by atoms with E-state index in [0.717, 1.165) is 0 Å². The molecule has 0 atom stereocenters. The van der Waals surface area contributed by atoms with Crippen LogP contribution in [0.5, 0.6) is 0 Å². The molecule has 0 amide bonds. The van der Waals surface area contributed by atoms with Crippen LogP contribution in [0.25, 0.3) is 0 Å². The van der Waals surface area contributed by atoms with Crippen LogP contribution in [0.1, 0.15) is 41.9 Å². The molecule has 0 aliphatic carbocycles. The molecular weight excluding hydrogens is 196 g/mol. The molecule has 0 radical (unpaired) electrons. The number of carbonyl (C=O) groups excluding carboxylic acids is 2. The van der Waals surface area contributed by atoms with E-state index in [2.05, 4.69) is 4.98 Å². The Morgan fingerprint density at radius 1 is 1.53 bits per heavy atom. The monoisotopic (exact) mass is 210 g/mol. The van der Waals surface area contributed by atoms with Gasteiger partial charge in [-0.05, 0) is 20.8 Å². The van der Waals surface area contributed by atoms with E-state index in [-0.39, 0.29) is 11.5 Å². The zero-order valence-corrected chi connectivity index (χ0v) is 9.27. The van der Waals surface area contributed by atoms with Crippen molar-refractivity contribution in [3.63, 3.8) is 0 Å². The summed E-state index contributed by atoms with van der Waals surface area (Å²) in [5.41, 5.74) is -0.282. The van der Waals surface area contributed by atoms with Crippen LogP contribution in [0.4, 0.5) is 0 Å². The van der Waals surface area contributed by atoms with Crippen molar-refractivity contribution in [2.45, 2.75) is 26.4 Å². The van der Waals surface area contributed by atoms with Gasteiger partial charge < -0.3 is 9.30 Å². The fourth-order valence-corrected chi connectivity index (χ4v) is 1.05. The molecule has 0 saturated heterocycles. The summed E-state index contributed by atoms with van der Waals surface area (Å²) in [4.78, 5) is 25.9. The van der Waals surface area contributed by atoms with Crippen molar-refractivity contribution in [3.05, 3.63) is 17.7 Å². The third-order valence-electron chi connectivity index (χ3n) is 1.74. The number of ether oxygens (including phenoxy) is 1. The van der Waals surface area contributed by atoms with Gasteiger partial charge in [0.25, 0.3) is 0 Å². The van der Waals surface area contributed by atoms with Crippen molar-refractivity contribution in [2.24, 2.45) is 7.05 Å². The van der Waals surface area contributed by atoms with E-state index < -0.39 is 11.6 Å². The number of hydrogen-bond donors (Lipinski definition) is 0. The zero-order valence-electron chi connectivity index (χ0n) is 9.27. The Morgan fingerprint density at radius 3 is 2.53 bits per heavy atom. The number of hydrogen-bond acceptors (Lipinski definition) is 4. The Labute approximate surface area is 88.1 Å². The highest BCUT2D eigenvalue weighted by Crippen LogP contribution is 2.12. The molecular formula is C10H14N2O3. The molecule has 1 aromatic rings. The highest BCUT2D eigenvalue weighted by molar-refractivity contribution is 5.89. The van der Waals surface area contributed by atoms with E-state index in [4.69, 9.17) is 4.74 Å². The summed E-state index contributed by atoms with van der Waals surface area (Å²) in [6, 6.07) is 0. The fourth-order valence-electron chi connectivity index (χ4n) is 1.05. The number of nitrogens with zero attached hydrogens (tertiary/aromatic N) is 2. The summed E-state index contributed by atoms with van der Waals surface area (Å²) >= 11 is 0. The third kappa shape index (κ3) is 2.65. The molecule has 0 bridgehead atoms. The predicted octanol–water partition coefficient (Wildman–Crippen LogP) is 1.19. The van der Waals surface area contributed by atoms with Gasteiger partial charge in [0.15, 0.2) is 12.1 Å². The van der Waals surface area contributed by atoms with Gasteiger partial charge in [0, 0.05) is 7.05 Å². The summed E-state index contributed by atoms with van der Waals surface area (Å²) in [5.74, 6) is -0.276. The van der Waals surface area contributed by atoms with Gasteiger partial charge in [0.1, 0.15) is 11.3 Å². The van der Waals surface area contributed by atoms with Crippen LogP contribution in [-0.4, -0.2) is 27.4 Å². The highest BCUT2D eigenvalue weighted by atomic mass is 16.6. The van der Waals surface area contributed by atoms with Gasteiger partial charge in [-0.25, -0.2) is 9.78 Å². The Hall–Kier alpha value is -1.65. The first kappa shape index (κ1) is 11.4. The molecule has 0 fully saturated rings. The normalized spacial score (nSPS) is 11.2. The molecule has 1 heterocycles. The third-order valence-corrected chi connectivity index (χ3v) is 1.74. The smallest absolute Gasteiger partial charge is 0.357 e. The number of imidazole rings is 1. The Balaban J connectivity index is 2.92. The molecule has 5 heteroatoms. The molecule has 0 aromatic carbocycles. The Morgan fingerprint density at radius 2 is 2.13 bits per heavy atom. The molecule has 0 spiro atoms. The molecule has 0 aliphatic rings. The lowest BCUT2D eigenvalue weighted by atomic mass is 10.2. The number of aldehydes is 1. The van der Waals surface area contributed by atoms with Crippen LogP contribution >= 0.6 is 0 Å². The number of rotatable bonds is 2. The lowest BCUT2D eigenvalue weighted by Gasteiger charge is -2.19. The summed E-state index contributed by atoms with van der Waals surface area (Å²) in [6.45, 7) is 5.34. The molecule has 1 rings (SSSR count). The molecule has 15 heavy (non-hydrogen) atoms. The van der Waals surface area contributed by atoms with Crippen LogP contribution < -0.4 is 0 Å². The standard InChI is InChI=1S/C10H14N2O3/c1-10(2,3)15-9(14)7-5-11-8(6-13)12(7)4/h5-6H,1-4H3. The maximum Gasteiger partial charge on any atom is 0.357 e. The highest BCUT2D eigenvalue weighted by Gasteiger charge is 2.21. The molecule has 0 aliphatic heterocycles. The van der Waals surface area contributed by atoms with E-state index in [1.807, 2.05) is 0 Å². The van der Waals surface area contributed by atoms with E-state index in [9.17, 15) is 9.59 Å². The Bertz CT molecular complexity index is 388. The van der Waals surface area contributed by atoms with Crippen molar-refractivity contribution in [2.75, 3.05) is 0 Å². The second-order valence-electron chi connectivity index (χ2n) is 4.18. The molecule has 0 saturated carbocycles. The topological polar surface area (TPSA) is 61.2 Å². The van der Waals surface area contributed by atoms with Gasteiger partial charge in [-0.1, -0.05) is 0 Å². The van der Waals surface area contributed by atoms with Crippen LogP contribution in [0.15, 0.2) is 6.20 Å². The van der Waals surface area contributed by atoms with E-state index in [0.29, 0.717) is 6.29 Å². The zero-order chi connectivity index (χ0) is 11.6. The largest absolute Gasteiger partial charge is 0.455 e. The predicted molar refractivity (Wildman–Crippen MR) is 53.8 cm³/mol. The van der Waals surface area contributed by atoms with Gasteiger partial charge in [0.05, 0.1) is 6.20 Å². The number of aromatic nitrogens is 2. The first-order chi connectivity index (χ1) is 6.85. The average Bonchev–Trinajstić information content (AvgIpc) is 2.43. The first-order valence-corrected chi connectivity index (χ1v) is 4.55. The van der Waals surface area contributed by atoms with Crippen molar-refractivity contribution in [1.82, 2.24) is 9.55 Å². The molecule has 1 aromatic heterocycles. The Kier molecular flexibility index (Phi) is 2.93. The van der Waals surface area contributed by atoms with Crippen molar-refractivity contribution in [3.8, 4) is 0 Å². The van der Waals surface area contributed by atoms with Gasteiger partial charge in [0.2, 0.25) is 0 Å². The number of esters is 1. The van der Waals surface area contributed by atoms with Crippen LogP contribution in [0.3, 0.4) is 0 Å². The first-order valence-electron chi connectivity index (χ1n) is 4.55. The quantitative estimate of drug-likeness (QED) is 0.543. The van der Waals surface area contributed by atoms with Crippen LogP contribution in [-0.2, 0) is 11.8 Å². The van der Waals surface area contributed by atoms with Gasteiger partial charge in [-0.2, -0.15) is 0 Å². The van der Waals surface area contributed by atoms with Crippen LogP contribution in [0, 0.1) is 0 Å². The van der Waals surface area contributed by atoms with E-state index >= 15 is 0 Å². The maximum atomic E-state index is 11.6. The second-order valence-corrected chi connectivity index (χ2v) is 4.18. The summed E-state index contributed by atoms with van der Waals surface area (Å²) in [5, 5.41) is 0. The maximum absolute atomic E-state index is 11.6. The minimum Gasteiger partial charge on any atom is -0.455 e. The van der Waals surface area contributed by atoms with E-state index in [1.165, 1.54) is 10.8 Å². The van der Waals surface area contributed by atoms with Crippen molar-refractivity contribution in [1.29, 1.82) is 0 Å². The van der Waals surface area contributed by atoms with Gasteiger partial charge in [-0.3, -0.25) is 4.79 Å². The second kappa shape index (κ2) is 3.84. The fraction of sp³-hybridized carbons (Fsp3) is 0.500. The van der Waals surface area contributed by atoms with Gasteiger partial charge in [-0.15, -0.1) is 0 Å². The summed E-state index contributed by atoms with van der Waals surface area (Å²) < 4.78 is 6.55. The summed E-state index contributed by atoms with van der Waals surface area (Å²) in [6.07, 6.45) is 1.92. The average molecular weight is 210 g/mol. The van der Waals surface area contributed by atoms with Gasteiger partial charge >= 0.3 is 5.97 Å². The lowest BCUT2D eigenvalue weighted by molar-refractivity contribution is 0.00589. The SMILES string of the molecule is Cn1c(C(=O)OC(C)(C)C)cnc1C=O.